The van der Waals surface area contributed by atoms with E-state index in [4.69, 9.17) is 10.5 Å². The zero-order valence-corrected chi connectivity index (χ0v) is 17.0. The third kappa shape index (κ3) is 3.37. The molecular formula is C26H26N2O2. The van der Waals surface area contributed by atoms with Gasteiger partial charge in [0.15, 0.2) is 0 Å². The van der Waals surface area contributed by atoms with Crippen molar-refractivity contribution < 1.29 is 9.53 Å². The van der Waals surface area contributed by atoms with Crippen LogP contribution in [0, 0.1) is 0 Å². The van der Waals surface area contributed by atoms with Crippen LogP contribution < -0.4 is 10.5 Å². The molecule has 152 valence electrons. The molecule has 2 heterocycles. The number of carbonyl (C=O) groups is 1. The summed E-state index contributed by atoms with van der Waals surface area (Å²) in [5.74, 6) is 1.05. The summed E-state index contributed by atoms with van der Waals surface area (Å²) in [6, 6.07) is 20.8. The van der Waals surface area contributed by atoms with Gasteiger partial charge in [0.25, 0.3) is 0 Å². The Kier molecular flexibility index (Phi) is 4.80. The first-order valence-electron chi connectivity index (χ1n) is 10.6. The average molecular weight is 399 g/mol. The van der Waals surface area contributed by atoms with Gasteiger partial charge in [0.05, 0.1) is 6.61 Å². The SMILES string of the molecule is NCc1ccc2c(c1)C1(CCN(C(=O)/C=C/c3ccc4ccccc4c3)CC1)CO2. The molecule has 1 saturated heterocycles. The zero-order valence-electron chi connectivity index (χ0n) is 17.0. The van der Waals surface area contributed by atoms with Crippen molar-refractivity contribution in [3.05, 3.63) is 83.4 Å². The molecule has 5 rings (SSSR count). The summed E-state index contributed by atoms with van der Waals surface area (Å²) in [5, 5.41) is 2.39. The molecule has 1 amide bonds. The lowest BCUT2D eigenvalue weighted by molar-refractivity contribution is -0.127. The summed E-state index contributed by atoms with van der Waals surface area (Å²) in [6.45, 7) is 2.73. The minimum absolute atomic E-state index is 0.0132. The second-order valence-electron chi connectivity index (χ2n) is 8.37. The molecule has 30 heavy (non-hydrogen) atoms. The fourth-order valence-electron chi connectivity index (χ4n) is 4.69. The van der Waals surface area contributed by atoms with Crippen LogP contribution in [-0.2, 0) is 16.8 Å². The van der Waals surface area contributed by atoms with E-state index >= 15 is 0 Å². The van der Waals surface area contributed by atoms with Gasteiger partial charge in [-0.15, -0.1) is 0 Å². The lowest BCUT2D eigenvalue weighted by Crippen LogP contribution is -2.45. The van der Waals surface area contributed by atoms with Crippen molar-refractivity contribution >= 4 is 22.8 Å². The molecule has 0 bridgehead atoms. The number of piperidine rings is 1. The molecule has 3 aromatic rings. The maximum Gasteiger partial charge on any atom is 0.246 e. The van der Waals surface area contributed by atoms with E-state index in [0.717, 1.165) is 42.8 Å². The quantitative estimate of drug-likeness (QED) is 0.671. The highest BCUT2D eigenvalue weighted by molar-refractivity contribution is 5.93. The van der Waals surface area contributed by atoms with E-state index in [1.54, 1.807) is 6.08 Å². The fraction of sp³-hybridized carbons (Fsp3) is 0.269. The van der Waals surface area contributed by atoms with Crippen molar-refractivity contribution in [1.82, 2.24) is 4.90 Å². The second-order valence-corrected chi connectivity index (χ2v) is 8.37. The molecular weight excluding hydrogens is 372 g/mol. The third-order valence-corrected chi connectivity index (χ3v) is 6.58. The number of hydrogen-bond acceptors (Lipinski definition) is 3. The van der Waals surface area contributed by atoms with Gasteiger partial charge in [-0.3, -0.25) is 4.79 Å². The Morgan fingerprint density at radius 2 is 1.83 bits per heavy atom. The summed E-state index contributed by atoms with van der Waals surface area (Å²) in [6.07, 6.45) is 5.46. The first-order chi connectivity index (χ1) is 14.7. The van der Waals surface area contributed by atoms with E-state index in [-0.39, 0.29) is 11.3 Å². The summed E-state index contributed by atoms with van der Waals surface area (Å²) >= 11 is 0. The van der Waals surface area contributed by atoms with Gasteiger partial charge >= 0.3 is 0 Å². The molecule has 2 aliphatic heterocycles. The van der Waals surface area contributed by atoms with Gasteiger partial charge in [-0.1, -0.05) is 48.5 Å². The monoisotopic (exact) mass is 398 g/mol. The van der Waals surface area contributed by atoms with Gasteiger partial charge in [-0.05, 0) is 52.9 Å². The van der Waals surface area contributed by atoms with Crippen LogP contribution in [0.2, 0.25) is 0 Å². The number of likely N-dealkylation sites (tertiary alicyclic amines) is 1. The summed E-state index contributed by atoms with van der Waals surface area (Å²) in [7, 11) is 0. The van der Waals surface area contributed by atoms with Crippen LogP contribution in [0.15, 0.2) is 66.7 Å². The van der Waals surface area contributed by atoms with E-state index in [1.807, 2.05) is 35.2 Å². The van der Waals surface area contributed by atoms with Crippen LogP contribution in [0.5, 0.6) is 5.75 Å². The lowest BCUT2D eigenvalue weighted by Gasteiger charge is -2.38. The molecule has 0 unspecified atom stereocenters. The standard InChI is InChI=1S/C26H26N2O2/c27-17-20-6-9-24-23(16-20)26(18-30-24)11-13-28(14-12-26)25(29)10-7-19-5-8-21-3-1-2-4-22(21)15-19/h1-10,15-16H,11-14,17-18,27H2/b10-7+. The highest BCUT2D eigenvalue weighted by Gasteiger charge is 2.43. The molecule has 0 atom stereocenters. The minimum Gasteiger partial charge on any atom is -0.492 e. The molecule has 0 aromatic heterocycles. The number of amides is 1. The number of ether oxygens (including phenoxy) is 1. The van der Waals surface area contributed by atoms with E-state index in [9.17, 15) is 4.79 Å². The van der Waals surface area contributed by atoms with Gasteiger partial charge in [0.2, 0.25) is 5.91 Å². The molecule has 0 aliphatic carbocycles. The summed E-state index contributed by atoms with van der Waals surface area (Å²) in [4.78, 5) is 14.7. The smallest absolute Gasteiger partial charge is 0.246 e. The molecule has 1 fully saturated rings. The minimum atomic E-state index is 0.0132. The van der Waals surface area contributed by atoms with E-state index in [1.165, 1.54) is 16.3 Å². The number of benzene rings is 3. The number of nitrogens with two attached hydrogens (primary N) is 1. The van der Waals surface area contributed by atoms with Gasteiger partial charge in [0, 0.05) is 36.7 Å². The van der Waals surface area contributed by atoms with E-state index in [0.29, 0.717) is 13.2 Å². The van der Waals surface area contributed by atoms with Crippen LogP contribution >= 0.6 is 0 Å². The maximum atomic E-state index is 12.8. The van der Waals surface area contributed by atoms with Crippen LogP contribution in [0.1, 0.15) is 29.5 Å². The molecule has 2 N–H and O–H groups in total. The van der Waals surface area contributed by atoms with Gasteiger partial charge < -0.3 is 15.4 Å². The molecule has 1 spiro atoms. The Morgan fingerprint density at radius 3 is 2.63 bits per heavy atom. The third-order valence-electron chi connectivity index (χ3n) is 6.58. The number of nitrogens with zero attached hydrogens (tertiary/aromatic N) is 1. The Balaban J connectivity index is 1.27. The Hall–Kier alpha value is -3.11. The highest BCUT2D eigenvalue weighted by atomic mass is 16.5. The average Bonchev–Trinajstić information content (AvgIpc) is 3.15. The van der Waals surface area contributed by atoms with Gasteiger partial charge in [0.1, 0.15) is 5.75 Å². The number of hydrogen-bond donors (Lipinski definition) is 1. The lowest BCUT2D eigenvalue weighted by atomic mass is 9.74. The van der Waals surface area contributed by atoms with Crippen LogP contribution in [0.4, 0.5) is 0 Å². The summed E-state index contributed by atoms with van der Waals surface area (Å²) in [5.41, 5.74) is 9.29. The maximum absolute atomic E-state index is 12.8. The number of fused-ring (bicyclic) bond motifs is 3. The Labute approximate surface area is 176 Å². The predicted octanol–water partition coefficient (Wildman–Crippen LogP) is 4.26. The molecule has 0 saturated carbocycles. The first-order valence-corrected chi connectivity index (χ1v) is 10.6. The van der Waals surface area contributed by atoms with Crippen LogP contribution in [0.25, 0.3) is 16.8 Å². The van der Waals surface area contributed by atoms with Crippen LogP contribution in [-0.4, -0.2) is 30.5 Å². The molecule has 4 nitrogen and oxygen atoms in total. The van der Waals surface area contributed by atoms with Crippen molar-refractivity contribution in [2.45, 2.75) is 24.8 Å². The molecule has 0 radical (unpaired) electrons. The Morgan fingerprint density at radius 1 is 1.03 bits per heavy atom. The molecule has 2 aliphatic rings. The largest absolute Gasteiger partial charge is 0.492 e. The van der Waals surface area contributed by atoms with Crippen molar-refractivity contribution in [1.29, 1.82) is 0 Å². The highest BCUT2D eigenvalue weighted by Crippen LogP contribution is 2.45. The van der Waals surface area contributed by atoms with Crippen molar-refractivity contribution in [2.24, 2.45) is 5.73 Å². The fourth-order valence-corrected chi connectivity index (χ4v) is 4.69. The van der Waals surface area contributed by atoms with Crippen LogP contribution in [0.3, 0.4) is 0 Å². The Bertz CT molecular complexity index is 1130. The first kappa shape index (κ1) is 18.9. The second kappa shape index (κ2) is 7.62. The zero-order chi connectivity index (χ0) is 20.6. The van der Waals surface area contributed by atoms with Crippen molar-refractivity contribution in [3.63, 3.8) is 0 Å². The van der Waals surface area contributed by atoms with Crippen molar-refractivity contribution in [2.75, 3.05) is 19.7 Å². The van der Waals surface area contributed by atoms with Gasteiger partial charge in [-0.25, -0.2) is 0 Å². The van der Waals surface area contributed by atoms with Crippen molar-refractivity contribution in [3.8, 4) is 5.75 Å². The molecule has 3 aromatic carbocycles. The predicted molar refractivity (Wildman–Crippen MR) is 120 cm³/mol. The number of rotatable bonds is 3. The van der Waals surface area contributed by atoms with Gasteiger partial charge in [-0.2, -0.15) is 0 Å². The molecule has 4 heteroatoms. The van der Waals surface area contributed by atoms with E-state index in [2.05, 4.69) is 36.4 Å². The normalized spacial score (nSPS) is 17.4. The van der Waals surface area contributed by atoms with E-state index < -0.39 is 0 Å². The summed E-state index contributed by atoms with van der Waals surface area (Å²) < 4.78 is 5.97. The number of carbonyl (C=O) groups excluding carboxylic acids is 1. The topological polar surface area (TPSA) is 55.6 Å².